The number of rotatable bonds is 0. The van der Waals surface area contributed by atoms with Crippen LogP contribution in [-0.4, -0.2) is 126 Å². The van der Waals surface area contributed by atoms with Crippen LogP contribution in [0, 0.1) is 0 Å². The van der Waals surface area contributed by atoms with Crippen molar-refractivity contribution >= 4 is 56.2 Å². The third-order valence-electron chi connectivity index (χ3n) is 0. The van der Waals surface area contributed by atoms with Crippen LogP contribution in [0.25, 0.3) is 0 Å². The molecule has 0 aliphatic heterocycles. The fourth-order valence-corrected chi connectivity index (χ4v) is 0. The Balaban J connectivity index is -0.000000000577. The van der Waals surface area contributed by atoms with Crippen molar-refractivity contribution in [3.05, 3.63) is 0 Å². The Bertz CT molecular complexity index is 24.1. The molecule has 0 unspecified atom stereocenters. The van der Waals surface area contributed by atoms with Gasteiger partial charge in [-0.2, -0.15) is 0 Å². The van der Waals surface area contributed by atoms with Gasteiger partial charge in [0.05, 0.1) is 0 Å². The van der Waals surface area contributed by atoms with E-state index in [4.69, 9.17) is 15.1 Å². The summed E-state index contributed by atoms with van der Waals surface area (Å²) in [4.78, 5) is 0. The van der Waals surface area contributed by atoms with Gasteiger partial charge in [-0.3, -0.25) is 0 Å². The van der Waals surface area contributed by atoms with E-state index in [2.05, 4.69) is 0 Å². The van der Waals surface area contributed by atoms with E-state index in [-0.39, 0.29) is 106 Å². The van der Waals surface area contributed by atoms with Crippen molar-refractivity contribution in [1.29, 1.82) is 0 Å². The molecular formula is H25BBaO13. The van der Waals surface area contributed by atoms with Crippen LogP contribution in [0.15, 0.2) is 0 Å². The van der Waals surface area contributed by atoms with E-state index >= 15 is 0 Å². The van der Waals surface area contributed by atoms with Gasteiger partial charge >= 0.3 is 56.2 Å². The molecule has 0 aliphatic rings. The van der Waals surface area contributed by atoms with Gasteiger partial charge in [0.15, 0.2) is 0 Å². The topological polar surface area (TPSA) is 376 Å². The predicted molar refractivity (Wildman–Crippen MR) is 56.5 cm³/mol. The zero-order valence-electron chi connectivity index (χ0n) is 9.63. The standard InChI is InChI=1S/BH3O3.Ba.10H2O.2H/c2-1(3)4;;;;;;;;;;;;;/h2-4H;;10*1H2;;/q;+2;;;;;;;;;;;2*-1. The van der Waals surface area contributed by atoms with Crippen LogP contribution in [0.3, 0.4) is 0 Å². The Kier molecular flexibility index (Phi) is 2580. The smallest absolute Gasteiger partial charge is 1.00 e. The zero-order chi connectivity index (χ0) is 3.58. The molecule has 15 heavy (non-hydrogen) atoms. The van der Waals surface area contributed by atoms with Crippen LogP contribution in [0.4, 0.5) is 0 Å². The first-order valence-corrected chi connectivity index (χ1v) is 0.775. The molecule has 13 nitrogen and oxygen atoms in total. The van der Waals surface area contributed by atoms with Crippen molar-refractivity contribution in [1.82, 2.24) is 0 Å². The summed E-state index contributed by atoms with van der Waals surface area (Å²) in [6.45, 7) is 0. The van der Waals surface area contributed by atoms with E-state index < -0.39 is 7.32 Å². The molecule has 23 N–H and O–H groups in total. The first kappa shape index (κ1) is 217. The van der Waals surface area contributed by atoms with Gasteiger partial charge in [0.25, 0.3) is 0 Å². The van der Waals surface area contributed by atoms with Crippen molar-refractivity contribution in [2.75, 3.05) is 0 Å². The van der Waals surface area contributed by atoms with E-state index in [0.29, 0.717) is 0 Å². The molecule has 0 spiro atoms. The van der Waals surface area contributed by atoms with Gasteiger partial charge in [0.1, 0.15) is 0 Å². The summed E-state index contributed by atoms with van der Waals surface area (Å²) in [5, 5.41) is 21.5. The monoisotopic (exact) mass is 382 g/mol. The van der Waals surface area contributed by atoms with E-state index in [1.165, 1.54) is 0 Å². The molecule has 0 aliphatic carbocycles. The van der Waals surface area contributed by atoms with Gasteiger partial charge in [-0.25, -0.2) is 0 Å². The van der Waals surface area contributed by atoms with Crippen LogP contribution in [0.1, 0.15) is 2.85 Å². The number of hydrogen-bond acceptors (Lipinski definition) is 3. The molecule has 0 aromatic rings. The SMILES string of the molecule is O.O.O.O.O.O.O.O.O.O.OB(O)O.[Ba+2].[H-].[H-]. The molecule has 0 radical (unpaired) electrons. The zero-order valence-corrected chi connectivity index (χ0v) is 12.1. The molecule has 0 heterocycles. The number of hydrogen-bond donors (Lipinski definition) is 3. The molecule has 15 heteroatoms. The molecule has 0 aromatic heterocycles. The Morgan fingerprint density at radius 3 is 0.467 bits per heavy atom. The Morgan fingerprint density at radius 1 is 0.467 bits per heavy atom. The molecule has 0 aromatic carbocycles. The summed E-state index contributed by atoms with van der Waals surface area (Å²) in [7, 11) is -2.17. The summed E-state index contributed by atoms with van der Waals surface area (Å²) in [5.41, 5.74) is 0. The summed E-state index contributed by atoms with van der Waals surface area (Å²) >= 11 is 0. The third kappa shape index (κ3) is 2090. The molecule has 0 amide bonds. The molecule has 108 valence electrons. The minimum atomic E-state index is -2.17. The fourth-order valence-electron chi connectivity index (χ4n) is 0. The first-order chi connectivity index (χ1) is 1.73. The maximum Gasteiger partial charge on any atom is 2.00 e. The molecule has 0 atom stereocenters. The van der Waals surface area contributed by atoms with Crippen LogP contribution in [0.2, 0.25) is 0 Å². The van der Waals surface area contributed by atoms with Gasteiger partial charge in [-0.05, 0) is 0 Å². The molecule has 0 bridgehead atoms. The molecule has 0 fully saturated rings. The van der Waals surface area contributed by atoms with E-state index in [1.54, 1.807) is 0 Å². The Hall–Kier alpha value is 1.12. The molecule has 0 saturated heterocycles. The summed E-state index contributed by atoms with van der Waals surface area (Å²) in [6.07, 6.45) is 0. The molecule has 0 rings (SSSR count). The maximum absolute atomic E-state index is 7.17. The van der Waals surface area contributed by atoms with Crippen molar-refractivity contribution in [2.24, 2.45) is 0 Å². The second-order valence-electron chi connectivity index (χ2n) is 0.346. The second kappa shape index (κ2) is 178. The Labute approximate surface area is 128 Å². The fraction of sp³-hybridized carbons (Fsp3) is 0. The summed E-state index contributed by atoms with van der Waals surface area (Å²) in [6, 6.07) is 0. The average molecular weight is 381 g/mol. The predicted octanol–water partition coefficient (Wildman–Crippen LogP) is -10.5. The summed E-state index contributed by atoms with van der Waals surface area (Å²) in [5.74, 6) is 0. The van der Waals surface area contributed by atoms with Crippen LogP contribution in [-0.2, 0) is 0 Å². The van der Waals surface area contributed by atoms with Gasteiger partial charge in [-0.15, -0.1) is 0 Å². The maximum atomic E-state index is 7.17. The second-order valence-corrected chi connectivity index (χ2v) is 0.346. The largest absolute Gasteiger partial charge is 2.00 e. The average Bonchev–Trinajstić information content (AvgIpc) is 0.811. The quantitative estimate of drug-likeness (QED) is 0.344. The van der Waals surface area contributed by atoms with Crippen molar-refractivity contribution in [2.45, 2.75) is 0 Å². The van der Waals surface area contributed by atoms with E-state index in [1.807, 2.05) is 0 Å². The Morgan fingerprint density at radius 2 is 0.467 bits per heavy atom. The van der Waals surface area contributed by atoms with Crippen molar-refractivity contribution in [3.63, 3.8) is 0 Å². The van der Waals surface area contributed by atoms with Gasteiger partial charge in [0.2, 0.25) is 0 Å². The normalized spacial score (nSPS) is 1.80. The van der Waals surface area contributed by atoms with Crippen molar-refractivity contribution < 1.29 is 72.7 Å². The van der Waals surface area contributed by atoms with Crippen LogP contribution >= 0.6 is 0 Å². The molecular weight excluding hydrogens is 356 g/mol. The van der Waals surface area contributed by atoms with Crippen molar-refractivity contribution in [3.8, 4) is 0 Å². The van der Waals surface area contributed by atoms with Crippen LogP contribution < -0.4 is 0 Å². The van der Waals surface area contributed by atoms with Gasteiger partial charge in [-0.1, -0.05) is 0 Å². The first-order valence-electron chi connectivity index (χ1n) is 0.775. The van der Waals surface area contributed by atoms with Crippen LogP contribution in [0.5, 0.6) is 0 Å². The van der Waals surface area contributed by atoms with E-state index in [0.717, 1.165) is 0 Å². The van der Waals surface area contributed by atoms with Gasteiger partial charge < -0.3 is 72.7 Å². The third-order valence-corrected chi connectivity index (χ3v) is 0. The molecule has 0 saturated carbocycles. The van der Waals surface area contributed by atoms with E-state index in [9.17, 15) is 0 Å². The van der Waals surface area contributed by atoms with Gasteiger partial charge in [0, 0.05) is 0 Å². The minimum Gasteiger partial charge on any atom is -1.00 e. The minimum absolute atomic E-state index is 0. The summed E-state index contributed by atoms with van der Waals surface area (Å²) < 4.78 is 0.